The number of aromatic hydroxyl groups is 1. The van der Waals surface area contributed by atoms with Gasteiger partial charge in [0.1, 0.15) is 16.3 Å². The summed E-state index contributed by atoms with van der Waals surface area (Å²) < 4.78 is 32.8. The molecule has 4 rings (SSSR count). The Morgan fingerprint density at radius 1 is 1.03 bits per heavy atom. The molecule has 2 N–H and O–H groups in total. The second-order valence-electron chi connectivity index (χ2n) is 6.61. The van der Waals surface area contributed by atoms with E-state index in [1.807, 2.05) is 6.07 Å². The molecule has 0 aromatic heterocycles. The first-order chi connectivity index (χ1) is 14.3. The van der Waals surface area contributed by atoms with Gasteiger partial charge in [0, 0.05) is 16.8 Å². The zero-order valence-electron chi connectivity index (χ0n) is 15.7. The second kappa shape index (κ2) is 8.85. The molecule has 0 saturated carbocycles. The molecule has 9 nitrogen and oxygen atoms in total. The van der Waals surface area contributed by atoms with Crippen molar-refractivity contribution in [2.45, 2.75) is 17.9 Å². The first kappa shape index (κ1) is 23.0. The topological polar surface area (TPSA) is 132 Å². The van der Waals surface area contributed by atoms with Crippen LogP contribution >= 0.6 is 0 Å². The van der Waals surface area contributed by atoms with Crippen molar-refractivity contribution in [2.75, 3.05) is 5.01 Å². The van der Waals surface area contributed by atoms with Crippen molar-refractivity contribution in [1.29, 1.82) is 0 Å². The number of carbonyl (C=O) groups is 1. The number of azo groups is 1. The number of nitrogens with zero attached hydrogens (tertiary/aromatic N) is 4. The number of hydrogen-bond acceptors (Lipinski definition) is 7. The number of carbonyl (C=O) groups excluding carboxylic acids is 1. The van der Waals surface area contributed by atoms with Gasteiger partial charge in [-0.1, -0.05) is 42.5 Å². The van der Waals surface area contributed by atoms with Gasteiger partial charge in [0.2, 0.25) is 0 Å². The minimum absolute atomic E-state index is 0. The van der Waals surface area contributed by atoms with E-state index in [4.69, 9.17) is 0 Å². The molecule has 0 saturated heterocycles. The molecule has 0 fully saturated rings. The maximum absolute atomic E-state index is 12.8. The summed E-state index contributed by atoms with van der Waals surface area (Å²) in [6.45, 7) is 1.64. The van der Waals surface area contributed by atoms with E-state index in [1.165, 1.54) is 17.1 Å². The molecule has 0 radical (unpaired) electrons. The van der Waals surface area contributed by atoms with Gasteiger partial charge in [-0.2, -0.15) is 28.8 Å². The Balaban J connectivity index is 0.00000272. The molecule has 0 aliphatic carbocycles. The van der Waals surface area contributed by atoms with E-state index in [0.717, 1.165) is 6.07 Å². The Morgan fingerprint density at radius 2 is 1.65 bits per heavy atom. The molecule has 31 heavy (non-hydrogen) atoms. The molecular formula is C20H17N4NaO5S. The van der Waals surface area contributed by atoms with Gasteiger partial charge in [-0.25, -0.2) is 0 Å². The SMILES string of the molecule is CC1=NN(c2ccccc2)C(=O)C1/N=N/c1c(O)cc(S(=O)(=O)O)c2ccccc12.[NaH]. The standard InChI is InChI=1S/C20H16N4O5S.Na.H/c1-12-18(20(26)24(23-12)13-7-3-2-4-8-13)21-22-19-15-10-6-5-9-14(15)17(11-16(19)25)30(27,28)29;;/h2-11,18,25H,1H3,(H,27,28,29);;/b22-21+;;. The number of phenols is 1. The Kier molecular flexibility index (Phi) is 6.58. The molecule has 1 heterocycles. The number of amides is 1. The molecule has 1 aliphatic heterocycles. The van der Waals surface area contributed by atoms with E-state index in [9.17, 15) is 22.9 Å². The van der Waals surface area contributed by atoms with Gasteiger partial charge in [0.25, 0.3) is 16.0 Å². The molecule has 0 bridgehead atoms. The van der Waals surface area contributed by atoms with E-state index < -0.39 is 32.7 Å². The van der Waals surface area contributed by atoms with Gasteiger partial charge >= 0.3 is 29.6 Å². The Morgan fingerprint density at radius 3 is 2.29 bits per heavy atom. The normalized spacial score (nSPS) is 16.6. The van der Waals surface area contributed by atoms with Gasteiger partial charge in [0.05, 0.1) is 11.4 Å². The summed E-state index contributed by atoms with van der Waals surface area (Å²) >= 11 is 0. The average Bonchev–Trinajstić information content (AvgIpc) is 3.00. The average molecular weight is 448 g/mol. The predicted molar refractivity (Wildman–Crippen MR) is 118 cm³/mol. The van der Waals surface area contributed by atoms with Crippen LogP contribution in [0.1, 0.15) is 6.92 Å². The Bertz CT molecular complexity index is 1330. The third-order valence-electron chi connectivity index (χ3n) is 4.61. The number of para-hydroxylation sites is 1. The van der Waals surface area contributed by atoms with Crippen LogP contribution < -0.4 is 5.01 Å². The van der Waals surface area contributed by atoms with E-state index in [1.54, 1.807) is 43.3 Å². The summed E-state index contributed by atoms with van der Waals surface area (Å²) in [5.74, 6) is -0.897. The third kappa shape index (κ3) is 4.39. The molecular weight excluding hydrogens is 431 g/mol. The van der Waals surface area contributed by atoms with E-state index >= 15 is 0 Å². The quantitative estimate of drug-likeness (QED) is 0.360. The fourth-order valence-corrected chi connectivity index (χ4v) is 3.91. The van der Waals surface area contributed by atoms with Crippen molar-refractivity contribution >= 4 is 73.4 Å². The number of hydrazone groups is 1. The van der Waals surface area contributed by atoms with Crippen LogP contribution in [0.2, 0.25) is 0 Å². The van der Waals surface area contributed by atoms with Crippen molar-refractivity contribution in [3.63, 3.8) is 0 Å². The van der Waals surface area contributed by atoms with Gasteiger partial charge in [-0.3, -0.25) is 9.35 Å². The molecule has 1 atom stereocenters. The van der Waals surface area contributed by atoms with Crippen molar-refractivity contribution in [1.82, 2.24) is 0 Å². The van der Waals surface area contributed by atoms with Crippen LogP contribution in [0, 0.1) is 0 Å². The first-order valence-corrected chi connectivity index (χ1v) is 10.3. The van der Waals surface area contributed by atoms with Crippen LogP contribution in [0.15, 0.2) is 80.9 Å². The molecule has 1 aliphatic rings. The maximum atomic E-state index is 12.8. The third-order valence-corrected chi connectivity index (χ3v) is 5.50. The van der Waals surface area contributed by atoms with Crippen molar-refractivity contribution in [3.8, 4) is 5.75 Å². The molecule has 1 amide bonds. The summed E-state index contributed by atoms with van der Waals surface area (Å²) in [4.78, 5) is 12.3. The number of rotatable bonds is 4. The summed E-state index contributed by atoms with van der Waals surface area (Å²) in [5, 5.41) is 24.3. The second-order valence-corrected chi connectivity index (χ2v) is 8.00. The van der Waals surface area contributed by atoms with Gasteiger partial charge < -0.3 is 5.11 Å². The molecule has 11 heteroatoms. The van der Waals surface area contributed by atoms with Crippen molar-refractivity contribution in [3.05, 3.63) is 60.7 Å². The number of benzene rings is 3. The van der Waals surface area contributed by atoms with E-state index in [-0.39, 0.29) is 46.0 Å². The minimum atomic E-state index is -4.57. The first-order valence-electron chi connectivity index (χ1n) is 8.84. The number of hydrogen-bond donors (Lipinski definition) is 2. The summed E-state index contributed by atoms with van der Waals surface area (Å²) in [6.07, 6.45) is 0. The fourth-order valence-electron chi connectivity index (χ4n) is 3.19. The molecule has 154 valence electrons. The van der Waals surface area contributed by atoms with E-state index in [2.05, 4.69) is 15.3 Å². The molecule has 3 aromatic rings. The number of anilines is 1. The molecule has 3 aromatic carbocycles. The summed E-state index contributed by atoms with van der Waals surface area (Å²) in [7, 11) is -4.57. The molecule has 1 unspecified atom stereocenters. The van der Waals surface area contributed by atoms with Crippen LogP contribution in [0.3, 0.4) is 0 Å². The Labute approximate surface area is 200 Å². The van der Waals surface area contributed by atoms with Gasteiger partial charge in [0.15, 0.2) is 6.04 Å². The number of phenolic OH excluding ortho intramolecular Hbond substituents is 1. The Hall–Kier alpha value is -2.63. The van der Waals surface area contributed by atoms with Crippen LogP contribution in [-0.2, 0) is 14.9 Å². The molecule has 0 spiro atoms. The van der Waals surface area contributed by atoms with Crippen LogP contribution in [-0.4, -0.2) is 65.3 Å². The zero-order valence-corrected chi connectivity index (χ0v) is 16.5. The summed E-state index contributed by atoms with van der Waals surface area (Å²) in [6, 6.07) is 15.0. The van der Waals surface area contributed by atoms with Crippen molar-refractivity contribution in [2.24, 2.45) is 15.3 Å². The van der Waals surface area contributed by atoms with Crippen molar-refractivity contribution < 1.29 is 22.9 Å². The van der Waals surface area contributed by atoms with Crippen LogP contribution in [0.25, 0.3) is 10.8 Å². The van der Waals surface area contributed by atoms with Gasteiger partial charge in [-0.15, -0.1) is 0 Å². The summed E-state index contributed by atoms with van der Waals surface area (Å²) in [5.41, 5.74) is 0.994. The fraction of sp³-hybridized carbons (Fsp3) is 0.100. The van der Waals surface area contributed by atoms with Crippen LogP contribution in [0.4, 0.5) is 11.4 Å². The van der Waals surface area contributed by atoms with Gasteiger partial charge in [-0.05, 0) is 19.1 Å². The predicted octanol–water partition coefficient (Wildman–Crippen LogP) is 3.02. The zero-order chi connectivity index (χ0) is 21.5. The number of fused-ring (bicyclic) bond motifs is 1. The monoisotopic (exact) mass is 448 g/mol. The van der Waals surface area contributed by atoms with Crippen LogP contribution in [0.5, 0.6) is 5.75 Å². The van der Waals surface area contributed by atoms with E-state index in [0.29, 0.717) is 11.4 Å².